The molecule has 1 nitrogen and oxygen atoms in total. The number of aliphatic hydroxyl groups is 1. The maximum absolute atomic E-state index is 9.45. The Balaban J connectivity index is 3.21. The van der Waals surface area contributed by atoms with Crippen LogP contribution in [0.15, 0.2) is 12.2 Å². The number of aliphatic hydroxyl groups excluding tert-OH is 1. The predicted octanol–water partition coefficient (Wildman–Crippen LogP) is 3.28. The Labute approximate surface area is 76.5 Å². The molecule has 0 saturated heterocycles. The average molecular weight is 170 g/mol. The number of rotatable bonds is 7. The molecule has 0 spiro atoms. The van der Waals surface area contributed by atoms with Crippen LogP contribution in [0.4, 0.5) is 0 Å². The molecule has 0 bridgehead atoms. The summed E-state index contributed by atoms with van der Waals surface area (Å²) in [6, 6.07) is 0. The number of hydrogen-bond acceptors (Lipinski definition) is 1. The monoisotopic (exact) mass is 170 g/mol. The summed E-state index contributed by atoms with van der Waals surface area (Å²) >= 11 is 0. The Bertz CT molecular complexity index is 108. The Morgan fingerprint density at radius 1 is 1.17 bits per heavy atom. The van der Waals surface area contributed by atoms with E-state index in [1.54, 1.807) is 0 Å². The third kappa shape index (κ3) is 7.80. The molecule has 0 aromatic rings. The first-order valence-corrected chi connectivity index (χ1v) is 5.14. The molecule has 0 aliphatic heterocycles. The van der Waals surface area contributed by atoms with E-state index in [4.69, 9.17) is 0 Å². The lowest BCUT2D eigenvalue weighted by Gasteiger charge is -2.06. The van der Waals surface area contributed by atoms with Crippen molar-refractivity contribution in [2.75, 3.05) is 0 Å². The fourth-order valence-corrected chi connectivity index (χ4v) is 1.17. The van der Waals surface area contributed by atoms with Crippen molar-refractivity contribution in [3.8, 4) is 0 Å². The number of hydrogen-bond donors (Lipinski definition) is 1. The Hall–Kier alpha value is -0.300. The molecule has 1 N–H and O–H groups in total. The van der Waals surface area contributed by atoms with Gasteiger partial charge in [-0.05, 0) is 19.3 Å². The minimum absolute atomic E-state index is 0.112. The van der Waals surface area contributed by atoms with Crippen LogP contribution in [0.5, 0.6) is 0 Å². The molecule has 12 heavy (non-hydrogen) atoms. The van der Waals surface area contributed by atoms with Crippen LogP contribution in [-0.4, -0.2) is 11.2 Å². The summed E-state index contributed by atoms with van der Waals surface area (Å²) in [5.74, 6) is 0. The van der Waals surface area contributed by atoms with E-state index in [0.717, 1.165) is 25.7 Å². The van der Waals surface area contributed by atoms with E-state index in [1.807, 2.05) is 0 Å². The van der Waals surface area contributed by atoms with Crippen LogP contribution in [0.3, 0.4) is 0 Å². The van der Waals surface area contributed by atoms with Gasteiger partial charge in [-0.1, -0.05) is 45.3 Å². The predicted molar refractivity (Wildman–Crippen MR) is 54.2 cm³/mol. The highest BCUT2D eigenvalue weighted by molar-refractivity contribution is 4.82. The van der Waals surface area contributed by atoms with Gasteiger partial charge in [0.05, 0.1) is 6.10 Å². The van der Waals surface area contributed by atoms with Gasteiger partial charge in [0.15, 0.2) is 0 Å². The van der Waals surface area contributed by atoms with Crippen molar-refractivity contribution in [2.24, 2.45) is 0 Å². The second kappa shape index (κ2) is 8.79. The van der Waals surface area contributed by atoms with Crippen LogP contribution >= 0.6 is 0 Å². The first-order valence-electron chi connectivity index (χ1n) is 5.14. The molecular weight excluding hydrogens is 148 g/mol. The fraction of sp³-hybridized carbons (Fsp3) is 0.818. The molecule has 1 heteroatoms. The second-order valence-electron chi connectivity index (χ2n) is 3.26. The first-order chi connectivity index (χ1) is 5.81. The normalized spacial score (nSPS) is 13.9. The van der Waals surface area contributed by atoms with Gasteiger partial charge in [-0.3, -0.25) is 0 Å². The molecule has 0 saturated carbocycles. The molecule has 0 aromatic heterocycles. The van der Waals surface area contributed by atoms with Crippen molar-refractivity contribution in [1.29, 1.82) is 0 Å². The zero-order valence-corrected chi connectivity index (χ0v) is 8.42. The molecule has 72 valence electrons. The van der Waals surface area contributed by atoms with E-state index < -0.39 is 0 Å². The number of allylic oxidation sites excluding steroid dienone is 1. The van der Waals surface area contributed by atoms with Crippen molar-refractivity contribution >= 4 is 0 Å². The maximum atomic E-state index is 9.45. The fourth-order valence-electron chi connectivity index (χ4n) is 1.17. The summed E-state index contributed by atoms with van der Waals surface area (Å²) in [6.45, 7) is 4.29. The third-order valence-electron chi connectivity index (χ3n) is 1.95. The van der Waals surface area contributed by atoms with E-state index in [2.05, 4.69) is 26.0 Å². The van der Waals surface area contributed by atoms with Gasteiger partial charge in [0.25, 0.3) is 0 Å². The van der Waals surface area contributed by atoms with E-state index in [-0.39, 0.29) is 6.10 Å². The summed E-state index contributed by atoms with van der Waals surface area (Å²) in [6.07, 6.45) is 10.6. The van der Waals surface area contributed by atoms with Gasteiger partial charge < -0.3 is 5.11 Å². The van der Waals surface area contributed by atoms with Crippen LogP contribution in [0.25, 0.3) is 0 Å². The smallest absolute Gasteiger partial charge is 0.0574 e. The molecule has 0 rings (SSSR count). The molecule has 0 amide bonds. The molecular formula is C11H22O. The maximum Gasteiger partial charge on any atom is 0.0574 e. The van der Waals surface area contributed by atoms with E-state index in [9.17, 15) is 5.11 Å². The minimum atomic E-state index is -0.112. The van der Waals surface area contributed by atoms with Crippen molar-refractivity contribution < 1.29 is 5.11 Å². The average Bonchev–Trinajstić information content (AvgIpc) is 2.06. The molecule has 1 atom stereocenters. The first kappa shape index (κ1) is 11.7. The van der Waals surface area contributed by atoms with Crippen molar-refractivity contribution in [3.05, 3.63) is 12.2 Å². The molecule has 0 radical (unpaired) electrons. The van der Waals surface area contributed by atoms with Gasteiger partial charge in [0.1, 0.15) is 0 Å². The molecule has 0 aliphatic rings. The van der Waals surface area contributed by atoms with Crippen molar-refractivity contribution in [1.82, 2.24) is 0 Å². The van der Waals surface area contributed by atoms with Crippen LogP contribution in [0, 0.1) is 0 Å². The quantitative estimate of drug-likeness (QED) is 0.459. The highest BCUT2D eigenvalue weighted by Gasteiger charge is 1.99. The van der Waals surface area contributed by atoms with Gasteiger partial charge >= 0.3 is 0 Å². The molecule has 0 fully saturated rings. The van der Waals surface area contributed by atoms with Crippen molar-refractivity contribution in [3.63, 3.8) is 0 Å². The Morgan fingerprint density at radius 3 is 2.50 bits per heavy atom. The van der Waals surface area contributed by atoms with Crippen molar-refractivity contribution in [2.45, 2.75) is 58.5 Å². The zero-order chi connectivity index (χ0) is 9.23. The van der Waals surface area contributed by atoms with E-state index in [1.165, 1.54) is 12.8 Å². The highest BCUT2D eigenvalue weighted by Crippen LogP contribution is 2.06. The van der Waals surface area contributed by atoms with Crippen LogP contribution in [0.2, 0.25) is 0 Å². The largest absolute Gasteiger partial charge is 0.393 e. The van der Waals surface area contributed by atoms with Gasteiger partial charge in [0, 0.05) is 0 Å². The van der Waals surface area contributed by atoms with Gasteiger partial charge in [-0.15, -0.1) is 0 Å². The highest BCUT2D eigenvalue weighted by atomic mass is 16.3. The summed E-state index contributed by atoms with van der Waals surface area (Å²) in [4.78, 5) is 0. The summed E-state index contributed by atoms with van der Waals surface area (Å²) in [7, 11) is 0. The Kier molecular flexibility index (Phi) is 8.57. The lowest BCUT2D eigenvalue weighted by molar-refractivity contribution is 0.164. The standard InChI is InChI=1S/C11H22O/c1-3-5-7-9-11(12)10-8-6-4-2/h5,7,11-12H,3-4,6,8-10H2,1-2H3/b7-5-. The number of unbranched alkanes of at least 4 members (excludes halogenated alkanes) is 2. The summed E-state index contributed by atoms with van der Waals surface area (Å²) in [5, 5.41) is 9.45. The van der Waals surface area contributed by atoms with Crippen LogP contribution < -0.4 is 0 Å². The molecule has 1 unspecified atom stereocenters. The van der Waals surface area contributed by atoms with Gasteiger partial charge in [0.2, 0.25) is 0 Å². The lowest BCUT2D eigenvalue weighted by Crippen LogP contribution is -2.03. The van der Waals surface area contributed by atoms with Crippen LogP contribution in [-0.2, 0) is 0 Å². The third-order valence-corrected chi connectivity index (χ3v) is 1.95. The second-order valence-corrected chi connectivity index (χ2v) is 3.26. The van der Waals surface area contributed by atoms with Gasteiger partial charge in [-0.25, -0.2) is 0 Å². The minimum Gasteiger partial charge on any atom is -0.393 e. The lowest BCUT2D eigenvalue weighted by atomic mass is 10.1. The summed E-state index contributed by atoms with van der Waals surface area (Å²) in [5.41, 5.74) is 0. The zero-order valence-electron chi connectivity index (χ0n) is 8.42. The van der Waals surface area contributed by atoms with Crippen LogP contribution in [0.1, 0.15) is 52.4 Å². The Morgan fingerprint density at radius 2 is 1.92 bits per heavy atom. The van der Waals surface area contributed by atoms with Gasteiger partial charge in [-0.2, -0.15) is 0 Å². The van der Waals surface area contributed by atoms with E-state index in [0.29, 0.717) is 0 Å². The molecule has 0 aromatic carbocycles. The molecule has 0 aliphatic carbocycles. The molecule has 0 heterocycles. The SMILES string of the molecule is CC/C=C\CC(O)CCCCC. The summed E-state index contributed by atoms with van der Waals surface area (Å²) < 4.78 is 0. The van der Waals surface area contributed by atoms with E-state index >= 15 is 0 Å². The topological polar surface area (TPSA) is 20.2 Å².